The Bertz CT molecular complexity index is 863. The lowest BCUT2D eigenvalue weighted by molar-refractivity contribution is 0.757. The molecule has 5 nitrogen and oxygen atoms in total. The molecule has 0 radical (unpaired) electrons. The van der Waals surface area contributed by atoms with Crippen molar-refractivity contribution in [3.63, 3.8) is 0 Å². The molecule has 5 heteroatoms. The molecule has 0 atom stereocenters. The summed E-state index contributed by atoms with van der Waals surface area (Å²) in [5.74, 6) is 1.59. The Labute approximate surface area is 147 Å². The van der Waals surface area contributed by atoms with Crippen LogP contribution >= 0.6 is 0 Å². The van der Waals surface area contributed by atoms with Crippen LogP contribution < -0.4 is 10.2 Å². The minimum Gasteiger partial charge on any atom is -0.349 e. The molecule has 0 saturated heterocycles. The Morgan fingerprint density at radius 1 is 1.08 bits per heavy atom. The van der Waals surface area contributed by atoms with Gasteiger partial charge in [0.15, 0.2) is 0 Å². The molecule has 1 aliphatic heterocycles. The van der Waals surface area contributed by atoms with Crippen molar-refractivity contribution in [2.75, 3.05) is 16.8 Å². The van der Waals surface area contributed by atoms with Crippen LogP contribution in [0.4, 0.5) is 17.5 Å². The quantitative estimate of drug-likeness (QED) is 0.786. The Morgan fingerprint density at radius 2 is 1.96 bits per heavy atom. The number of nitrogens with one attached hydrogen (secondary N) is 1. The van der Waals surface area contributed by atoms with Gasteiger partial charge in [-0.1, -0.05) is 24.3 Å². The van der Waals surface area contributed by atoms with Crippen molar-refractivity contribution in [3.05, 3.63) is 71.7 Å². The molecular weight excluding hydrogens is 310 g/mol. The number of fused-ring (bicyclic) bond motifs is 1. The summed E-state index contributed by atoms with van der Waals surface area (Å²) in [4.78, 5) is 15.9. The number of para-hydroxylation sites is 1. The standard InChI is InChI=1S/C20H21N5/c1-15-13-19(25-12-6-8-16-7-2-3-10-18(16)25)24-20(23-15)22-14-17-9-4-5-11-21-17/h2-5,7,9-11,13H,6,8,12,14H2,1H3,(H,22,23,24). The van der Waals surface area contributed by atoms with Crippen LogP contribution in [-0.2, 0) is 13.0 Å². The van der Waals surface area contributed by atoms with Crippen LogP contribution in [0.15, 0.2) is 54.7 Å². The van der Waals surface area contributed by atoms with Gasteiger partial charge in [0, 0.05) is 30.2 Å². The zero-order valence-electron chi connectivity index (χ0n) is 14.3. The number of hydrogen-bond donors (Lipinski definition) is 1. The van der Waals surface area contributed by atoms with Crippen LogP contribution in [0, 0.1) is 6.92 Å². The van der Waals surface area contributed by atoms with E-state index in [2.05, 4.69) is 44.5 Å². The molecule has 4 rings (SSSR count). The van der Waals surface area contributed by atoms with Crippen LogP contribution in [-0.4, -0.2) is 21.5 Å². The second kappa shape index (κ2) is 6.89. The molecule has 1 N–H and O–H groups in total. The maximum Gasteiger partial charge on any atom is 0.225 e. The number of anilines is 3. The average molecular weight is 331 g/mol. The first-order valence-electron chi connectivity index (χ1n) is 8.64. The van der Waals surface area contributed by atoms with Crippen molar-refractivity contribution >= 4 is 17.5 Å². The third-order valence-corrected chi connectivity index (χ3v) is 4.38. The molecule has 3 aromatic rings. The third-order valence-electron chi connectivity index (χ3n) is 4.38. The average Bonchev–Trinajstić information content (AvgIpc) is 2.66. The number of rotatable bonds is 4. The summed E-state index contributed by atoms with van der Waals surface area (Å²) in [7, 11) is 0. The van der Waals surface area contributed by atoms with Crippen LogP contribution in [0.3, 0.4) is 0 Å². The maximum atomic E-state index is 4.75. The van der Waals surface area contributed by atoms with Gasteiger partial charge in [0.1, 0.15) is 5.82 Å². The molecular formula is C20H21N5. The van der Waals surface area contributed by atoms with E-state index < -0.39 is 0 Å². The molecule has 126 valence electrons. The molecule has 25 heavy (non-hydrogen) atoms. The van der Waals surface area contributed by atoms with Crippen molar-refractivity contribution in [1.82, 2.24) is 15.0 Å². The van der Waals surface area contributed by atoms with E-state index >= 15 is 0 Å². The Morgan fingerprint density at radius 3 is 2.84 bits per heavy atom. The van der Waals surface area contributed by atoms with Crippen LogP contribution in [0.5, 0.6) is 0 Å². The van der Waals surface area contributed by atoms with E-state index in [1.807, 2.05) is 31.2 Å². The summed E-state index contributed by atoms with van der Waals surface area (Å²) in [6.45, 7) is 3.60. The lowest BCUT2D eigenvalue weighted by Gasteiger charge is -2.30. The molecule has 1 aromatic carbocycles. The van der Waals surface area contributed by atoms with Gasteiger partial charge in [0.05, 0.1) is 12.2 Å². The van der Waals surface area contributed by atoms with Gasteiger partial charge in [-0.25, -0.2) is 4.98 Å². The third kappa shape index (κ3) is 3.45. The van der Waals surface area contributed by atoms with E-state index in [-0.39, 0.29) is 0 Å². The highest BCUT2D eigenvalue weighted by Crippen LogP contribution is 2.32. The molecule has 0 saturated carbocycles. The van der Waals surface area contributed by atoms with Gasteiger partial charge in [-0.05, 0) is 43.5 Å². The molecule has 0 spiro atoms. The van der Waals surface area contributed by atoms with Gasteiger partial charge < -0.3 is 10.2 Å². The van der Waals surface area contributed by atoms with Crippen molar-refractivity contribution in [1.29, 1.82) is 0 Å². The zero-order chi connectivity index (χ0) is 17.1. The minimum atomic E-state index is 0.611. The molecule has 0 aliphatic carbocycles. The van der Waals surface area contributed by atoms with Crippen LogP contribution in [0.25, 0.3) is 0 Å². The highest BCUT2D eigenvalue weighted by Gasteiger charge is 2.19. The predicted molar refractivity (Wildman–Crippen MR) is 100 cm³/mol. The van der Waals surface area contributed by atoms with Crippen molar-refractivity contribution in [2.24, 2.45) is 0 Å². The van der Waals surface area contributed by atoms with Crippen molar-refractivity contribution in [2.45, 2.75) is 26.3 Å². The summed E-state index contributed by atoms with van der Waals surface area (Å²) in [6, 6.07) is 16.5. The summed E-state index contributed by atoms with van der Waals surface area (Å²) in [6.07, 6.45) is 4.06. The summed E-state index contributed by atoms with van der Waals surface area (Å²) in [5.41, 5.74) is 4.56. The van der Waals surface area contributed by atoms with E-state index in [4.69, 9.17) is 4.98 Å². The predicted octanol–water partition coefficient (Wildman–Crippen LogP) is 3.88. The van der Waals surface area contributed by atoms with Crippen LogP contribution in [0.2, 0.25) is 0 Å². The normalized spacial score (nSPS) is 13.4. The number of aromatic nitrogens is 3. The largest absolute Gasteiger partial charge is 0.349 e. The number of hydrogen-bond acceptors (Lipinski definition) is 5. The first-order chi connectivity index (χ1) is 12.3. The molecule has 1 aliphatic rings. The van der Waals surface area contributed by atoms with Gasteiger partial charge in [0.25, 0.3) is 0 Å². The highest BCUT2D eigenvalue weighted by molar-refractivity contribution is 5.66. The minimum absolute atomic E-state index is 0.611. The summed E-state index contributed by atoms with van der Waals surface area (Å²) >= 11 is 0. The SMILES string of the molecule is Cc1cc(N2CCCc3ccccc32)nc(NCc2ccccn2)n1. The fourth-order valence-electron chi connectivity index (χ4n) is 3.21. The van der Waals surface area contributed by atoms with Gasteiger partial charge in [-0.2, -0.15) is 4.98 Å². The zero-order valence-corrected chi connectivity index (χ0v) is 14.3. The van der Waals surface area contributed by atoms with E-state index in [0.29, 0.717) is 12.5 Å². The molecule has 0 bridgehead atoms. The van der Waals surface area contributed by atoms with Gasteiger partial charge in [-0.3, -0.25) is 4.98 Å². The Kier molecular flexibility index (Phi) is 4.29. The van der Waals surface area contributed by atoms with Gasteiger partial charge >= 0.3 is 0 Å². The second-order valence-corrected chi connectivity index (χ2v) is 6.25. The first kappa shape index (κ1) is 15.6. The van der Waals surface area contributed by atoms with Gasteiger partial charge in [-0.15, -0.1) is 0 Å². The lowest BCUT2D eigenvalue weighted by atomic mass is 10.0. The highest BCUT2D eigenvalue weighted by atomic mass is 15.2. The monoisotopic (exact) mass is 331 g/mol. The van der Waals surface area contributed by atoms with E-state index in [1.165, 1.54) is 11.3 Å². The lowest BCUT2D eigenvalue weighted by Crippen LogP contribution is -2.25. The Balaban J connectivity index is 1.60. The number of aryl methyl sites for hydroxylation is 2. The summed E-state index contributed by atoms with van der Waals surface area (Å²) in [5, 5.41) is 3.29. The van der Waals surface area contributed by atoms with E-state index in [9.17, 15) is 0 Å². The van der Waals surface area contributed by atoms with Crippen molar-refractivity contribution < 1.29 is 0 Å². The molecule has 3 heterocycles. The van der Waals surface area contributed by atoms with E-state index in [1.54, 1.807) is 6.20 Å². The topological polar surface area (TPSA) is 53.9 Å². The Hall–Kier alpha value is -2.95. The molecule has 2 aromatic heterocycles. The smallest absolute Gasteiger partial charge is 0.225 e. The number of nitrogens with zero attached hydrogens (tertiary/aromatic N) is 4. The maximum absolute atomic E-state index is 4.75. The summed E-state index contributed by atoms with van der Waals surface area (Å²) < 4.78 is 0. The van der Waals surface area contributed by atoms with Crippen molar-refractivity contribution in [3.8, 4) is 0 Å². The number of pyridine rings is 1. The number of benzene rings is 1. The van der Waals surface area contributed by atoms with E-state index in [0.717, 1.165) is 36.6 Å². The molecule has 0 amide bonds. The fourth-order valence-corrected chi connectivity index (χ4v) is 3.21. The van der Waals surface area contributed by atoms with Gasteiger partial charge in [0.2, 0.25) is 5.95 Å². The first-order valence-corrected chi connectivity index (χ1v) is 8.64. The molecule has 0 fully saturated rings. The van der Waals surface area contributed by atoms with Crippen LogP contribution in [0.1, 0.15) is 23.4 Å². The second-order valence-electron chi connectivity index (χ2n) is 6.25. The fraction of sp³-hybridized carbons (Fsp3) is 0.250. The molecule has 0 unspecified atom stereocenters.